The van der Waals surface area contributed by atoms with Gasteiger partial charge in [-0.05, 0) is 25.8 Å². The summed E-state index contributed by atoms with van der Waals surface area (Å²) in [6.07, 6.45) is 8.68. The molecule has 0 bridgehead atoms. The average molecular weight is 225 g/mol. The lowest BCUT2D eigenvalue weighted by Crippen LogP contribution is -2.42. The van der Waals surface area contributed by atoms with E-state index in [-0.39, 0.29) is 5.41 Å². The lowest BCUT2D eigenvalue weighted by Gasteiger charge is -2.34. The van der Waals surface area contributed by atoms with Gasteiger partial charge in [-0.15, -0.1) is 0 Å². The summed E-state index contributed by atoms with van der Waals surface area (Å²) in [5.41, 5.74) is -0.132. The molecule has 0 N–H and O–H groups in total. The summed E-state index contributed by atoms with van der Waals surface area (Å²) in [6.45, 7) is 8.52. The number of hydrogen-bond acceptors (Lipinski definition) is 2. The van der Waals surface area contributed by atoms with E-state index in [4.69, 9.17) is 0 Å². The third kappa shape index (κ3) is 3.58. The zero-order valence-electron chi connectivity index (χ0n) is 11.2. The van der Waals surface area contributed by atoms with Crippen molar-refractivity contribution in [1.29, 1.82) is 0 Å². The van der Waals surface area contributed by atoms with Crippen molar-refractivity contribution in [3.63, 3.8) is 0 Å². The Kier molecular flexibility index (Phi) is 5.47. The Hall–Kier alpha value is -0.370. The molecule has 0 radical (unpaired) electrons. The Bertz CT molecular complexity index is 211. The van der Waals surface area contributed by atoms with Crippen molar-refractivity contribution in [2.75, 3.05) is 13.1 Å². The molecule has 2 heteroatoms. The normalized spacial score (nSPS) is 21.2. The molecule has 0 heterocycles. The van der Waals surface area contributed by atoms with Crippen LogP contribution in [0.4, 0.5) is 0 Å². The molecular weight excluding hydrogens is 198 g/mol. The molecule has 0 saturated heterocycles. The van der Waals surface area contributed by atoms with Crippen LogP contribution in [-0.4, -0.2) is 30.3 Å². The Morgan fingerprint density at radius 1 is 1.31 bits per heavy atom. The molecule has 2 nitrogen and oxygen atoms in total. The van der Waals surface area contributed by atoms with Gasteiger partial charge >= 0.3 is 0 Å². The molecule has 0 aliphatic heterocycles. The van der Waals surface area contributed by atoms with Gasteiger partial charge in [0.1, 0.15) is 6.29 Å². The minimum absolute atomic E-state index is 0.132. The number of hydrogen-bond donors (Lipinski definition) is 0. The molecular formula is C14H27NO. The van der Waals surface area contributed by atoms with Crippen molar-refractivity contribution in [1.82, 2.24) is 4.90 Å². The number of carbonyl (C=O) groups excluding carboxylic acids is 1. The summed E-state index contributed by atoms with van der Waals surface area (Å²) >= 11 is 0. The first-order valence-corrected chi connectivity index (χ1v) is 6.85. The minimum atomic E-state index is -0.132. The van der Waals surface area contributed by atoms with Gasteiger partial charge in [-0.3, -0.25) is 4.90 Å². The van der Waals surface area contributed by atoms with Gasteiger partial charge in [0.25, 0.3) is 0 Å². The second kappa shape index (κ2) is 6.39. The molecule has 0 aromatic carbocycles. The number of nitrogens with zero attached hydrogens (tertiary/aromatic N) is 1. The maximum absolute atomic E-state index is 11.3. The van der Waals surface area contributed by atoms with Crippen molar-refractivity contribution in [2.45, 2.75) is 65.3 Å². The maximum Gasteiger partial charge on any atom is 0.127 e. The fraction of sp³-hybridized carbons (Fsp3) is 0.929. The Morgan fingerprint density at radius 2 is 1.94 bits per heavy atom. The molecule has 16 heavy (non-hydrogen) atoms. The molecule has 1 aliphatic rings. The van der Waals surface area contributed by atoms with Gasteiger partial charge in [-0.1, -0.05) is 40.0 Å². The van der Waals surface area contributed by atoms with E-state index in [2.05, 4.69) is 25.7 Å². The van der Waals surface area contributed by atoms with Gasteiger partial charge in [-0.25, -0.2) is 0 Å². The van der Waals surface area contributed by atoms with E-state index in [1.54, 1.807) is 0 Å². The first kappa shape index (κ1) is 13.7. The van der Waals surface area contributed by atoms with Crippen LogP contribution in [0.2, 0.25) is 0 Å². The van der Waals surface area contributed by atoms with Crippen LogP contribution in [0.25, 0.3) is 0 Å². The first-order chi connectivity index (χ1) is 7.65. The monoisotopic (exact) mass is 225 g/mol. The van der Waals surface area contributed by atoms with Gasteiger partial charge in [0.05, 0.1) is 0 Å². The van der Waals surface area contributed by atoms with Gasteiger partial charge in [0.15, 0.2) is 0 Å². The topological polar surface area (TPSA) is 20.3 Å². The molecule has 0 spiro atoms. The average Bonchev–Trinajstić information content (AvgIpc) is 2.80. The second-order valence-electron chi connectivity index (χ2n) is 5.52. The maximum atomic E-state index is 11.3. The highest BCUT2D eigenvalue weighted by atomic mass is 16.1. The molecule has 1 aliphatic carbocycles. The van der Waals surface area contributed by atoms with Crippen LogP contribution in [0.5, 0.6) is 0 Å². The summed E-state index contributed by atoms with van der Waals surface area (Å²) < 4.78 is 0. The first-order valence-electron chi connectivity index (χ1n) is 6.85. The molecule has 1 atom stereocenters. The minimum Gasteiger partial charge on any atom is -0.303 e. The summed E-state index contributed by atoms with van der Waals surface area (Å²) in [6, 6.07) is 0.737. The molecule has 1 rings (SSSR count). The Morgan fingerprint density at radius 3 is 2.38 bits per heavy atom. The highest BCUT2D eigenvalue weighted by molar-refractivity contribution is 5.59. The van der Waals surface area contributed by atoms with E-state index in [9.17, 15) is 4.79 Å². The van der Waals surface area contributed by atoms with Crippen LogP contribution in [0.3, 0.4) is 0 Å². The largest absolute Gasteiger partial charge is 0.303 e. The third-order valence-electron chi connectivity index (χ3n) is 3.92. The van der Waals surface area contributed by atoms with E-state index in [1.165, 1.54) is 32.0 Å². The summed E-state index contributed by atoms with van der Waals surface area (Å²) in [5, 5.41) is 0. The lowest BCUT2D eigenvalue weighted by molar-refractivity contribution is -0.117. The molecule has 94 valence electrons. The van der Waals surface area contributed by atoms with E-state index >= 15 is 0 Å². The fourth-order valence-corrected chi connectivity index (χ4v) is 2.98. The fourth-order valence-electron chi connectivity index (χ4n) is 2.98. The zero-order chi connectivity index (χ0) is 12.0. The van der Waals surface area contributed by atoms with E-state index in [0.717, 1.165) is 32.0 Å². The zero-order valence-corrected chi connectivity index (χ0v) is 11.2. The van der Waals surface area contributed by atoms with Gasteiger partial charge in [0.2, 0.25) is 0 Å². The molecule has 0 amide bonds. The smallest absolute Gasteiger partial charge is 0.127 e. The molecule has 1 unspecified atom stereocenters. The highest BCUT2D eigenvalue weighted by Crippen LogP contribution is 2.28. The second-order valence-corrected chi connectivity index (χ2v) is 5.52. The summed E-state index contributed by atoms with van der Waals surface area (Å²) in [4.78, 5) is 13.8. The molecule has 1 saturated carbocycles. The van der Waals surface area contributed by atoms with Crippen LogP contribution < -0.4 is 0 Å². The van der Waals surface area contributed by atoms with Crippen LogP contribution in [0.15, 0.2) is 0 Å². The lowest BCUT2D eigenvalue weighted by atomic mass is 9.86. The number of aldehydes is 1. The van der Waals surface area contributed by atoms with Crippen molar-refractivity contribution in [3.8, 4) is 0 Å². The third-order valence-corrected chi connectivity index (χ3v) is 3.92. The highest BCUT2D eigenvalue weighted by Gasteiger charge is 2.29. The van der Waals surface area contributed by atoms with Crippen molar-refractivity contribution >= 4 is 6.29 Å². The number of rotatable bonds is 7. The van der Waals surface area contributed by atoms with Gasteiger partial charge < -0.3 is 4.79 Å². The van der Waals surface area contributed by atoms with E-state index in [1.807, 2.05) is 0 Å². The van der Waals surface area contributed by atoms with Crippen molar-refractivity contribution in [3.05, 3.63) is 0 Å². The Labute approximate surface area is 100 Å². The van der Waals surface area contributed by atoms with E-state index < -0.39 is 0 Å². The Balaban J connectivity index is 2.55. The standard InChI is InChI=1S/C14H27NO/c1-4-10-14(3,12-16)11-15(5-2)13-8-6-7-9-13/h12-13H,4-11H2,1-3H3. The van der Waals surface area contributed by atoms with Crippen LogP contribution >= 0.6 is 0 Å². The van der Waals surface area contributed by atoms with Crippen molar-refractivity contribution in [2.24, 2.45) is 5.41 Å². The van der Waals surface area contributed by atoms with Crippen LogP contribution in [0.1, 0.15) is 59.3 Å². The number of carbonyl (C=O) groups is 1. The van der Waals surface area contributed by atoms with Crippen molar-refractivity contribution < 1.29 is 4.79 Å². The summed E-state index contributed by atoms with van der Waals surface area (Å²) in [7, 11) is 0. The van der Waals surface area contributed by atoms with Gasteiger partial charge in [-0.2, -0.15) is 0 Å². The summed E-state index contributed by atoms with van der Waals surface area (Å²) in [5.74, 6) is 0. The molecule has 0 aromatic rings. The predicted octanol–water partition coefficient (Wildman–Crippen LogP) is 3.26. The van der Waals surface area contributed by atoms with E-state index in [0.29, 0.717) is 0 Å². The van der Waals surface area contributed by atoms with Crippen LogP contribution in [-0.2, 0) is 4.79 Å². The van der Waals surface area contributed by atoms with Gasteiger partial charge in [0, 0.05) is 18.0 Å². The quantitative estimate of drug-likeness (QED) is 0.620. The van der Waals surface area contributed by atoms with Crippen LogP contribution in [0, 0.1) is 5.41 Å². The SMILES string of the molecule is CCCC(C)(C=O)CN(CC)C1CCCC1. The molecule has 0 aromatic heterocycles. The predicted molar refractivity (Wildman–Crippen MR) is 68.6 cm³/mol. The molecule has 1 fully saturated rings.